The van der Waals surface area contributed by atoms with Crippen LogP contribution < -0.4 is 5.73 Å². The van der Waals surface area contributed by atoms with E-state index in [4.69, 9.17) is 5.73 Å². The summed E-state index contributed by atoms with van der Waals surface area (Å²) >= 11 is 0. The van der Waals surface area contributed by atoms with Crippen molar-refractivity contribution >= 4 is 0 Å². The van der Waals surface area contributed by atoms with E-state index in [0.717, 1.165) is 17.7 Å². The molecule has 0 spiro atoms. The molecule has 1 nitrogen and oxygen atoms in total. The van der Waals surface area contributed by atoms with Crippen LogP contribution in [0, 0.1) is 29.1 Å². The second-order valence-corrected chi connectivity index (χ2v) is 5.47. The number of hydrogen-bond acceptors (Lipinski definition) is 1. The summed E-state index contributed by atoms with van der Waals surface area (Å²) in [5, 5.41) is 0. The third kappa shape index (κ3) is 3.25. The molecule has 0 aliphatic carbocycles. The van der Waals surface area contributed by atoms with Crippen LogP contribution in [0.2, 0.25) is 0 Å². The van der Waals surface area contributed by atoms with Gasteiger partial charge in [0, 0.05) is 6.54 Å². The van der Waals surface area contributed by atoms with E-state index in [9.17, 15) is 22.0 Å². The van der Waals surface area contributed by atoms with Crippen molar-refractivity contribution in [1.29, 1.82) is 0 Å². The molecule has 3 rings (SSSR count). The average molecular weight is 349 g/mol. The summed E-state index contributed by atoms with van der Waals surface area (Å²) < 4.78 is 68.5. The molecule has 0 amide bonds. The Labute approximate surface area is 140 Å². The molecule has 128 valence electrons. The maximum Gasteiger partial charge on any atom is 0.194 e. The zero-order chi connectivity index (χ0) is 18.1. The minimum Gasteiger partial charge on any atom is -0.326 e. The van der Waals surface area contributed by atoms with Crippen LogP contribution in [0.15, 0.2) is 48.5 Å². The highest BCUT2D eigenvalue weighted by Gasteiger charge is 2.18. The highest BCUT2D eigenvalue weighted by atomic mass is 19.2. The molecule has 0 aromatic heterocycles. The van der Waals surface area contributed by atoms with Crippen LogP contribution in [-0.4, -0.2) is 0 Å². The van der Waals surface area contributed by atoms with Crippen LogP contribution >= 0.6 is 0 Å². The van der Waals surface area contributed by atoms with Crippen LogP contribution in [0.1, 0.15) is 5.56 Å². The first-order chi connectivity index (χ1) is 11.9. The smallest absolute Gasteiger partial charge is 0.194 e. The highest BCUT2D eigenvalue weighted by molar-refractivity contribution is 5.72. The van der Waals surface area contributed by atoms with Crippen molar-refractivity contribution in [3.05, 3.63) is 83.2 Å². The van der Waals surface area contributed by atoms with E-state index >= 15 is 0 Å². The first kappa shape index (κ1) is 17.1. The van der Waals surface area contributed by atoms with Crippen molar-refractivity contribution in [3.63, 3.8) is 0 Å². The zero-order valence-electron chi connectivity index (χ0n) is 12.8. The van der Waals surface area contributed by atoms with Crippen molar-refractivity contribution < 1.29 is 22.0 Å². The predicted molar refractivity (Wildman–Crippen MR) is 85.0 cm³/mol. The molecule has 0 radical (unpaired) electrons. The molecule has 0 atom stereocenters. The van der Waals surface area contributed by atoms with Crippen LogP contribution in [0.4, 0.5) is 22.0 Å². The molecule has 0 aliphatic rings. The molecule has 0 aliphatic heterocycles. The van der Waals surface area contributed by atoms with Crippen LogP contribution in [0.25, 0.3) is 22.3 Å². The molecular weight excluding hydrogens is 337 g/mol. The quantitative estimate of drug-likeness (QED) is 0.512. The molecule has 2 N–H and O–H groups in total. The summed E-state index contributed by atoms with van der Waals surface area (Å²) in [6.45, 7) is 0.337. The summed E-state index contributed by atoms with van der Waals surface area (Å²) in [6.07, 6.45) is 0. The highest BCUT2D eigenvalue weighted by Crippen LogP contribution is 2.32. The van der Waals surface area contributed by atoms with E-state index in [1.807, 2.05) is 0 Å². The molecule has 0 bridgehead atoms. The molecule has 0 heterocycles. The first-order valence-electron chi connectivity index (χ1n) is 7.34. The largest absolute Gasteiger partial charge is 0.326 e. The fourth-order valence-corrected chi connectivity index (χ4v) is 2.55. The van der Waals surface area contributed by atoms with Gasteiger partial charge in [0.25, 0.3) is 0 Å². The molecule has 0 saturated heterocycles. The molecular formula is C19H12F5N. The van der Waals surface area contributed by atoms with Gasteiger partial charge in [0.05, 0.1) is 5.56 Å². The van der Waals surface area contributed by atoms with E-state index in [2.05, 4.69) is 0 Å². The van der Waals surface area contributed by atoms with Gasteiger partial charge in [0.2, 0.25) is 0 Å². The fraction of sp³-hybridized carbons (Fsp3) is 0.0526. The minimum absolute atomic E-state index is 0.255. The van der Waals surface area contributed by atoms with E-state index in [0.29, 0.717) is 24.2 Å². The van der Waals surface area contributed by atoms with Crippen molar-refractivity contribution in [2.75, 3.05) is 0 Å². The third-order valence-corrected chi connectivity index (χ3v) is 3.84. The SMILES string of the molecule is NCc1ccc(-c2cc(F)c(-c3cc(F)c(F)c(F)c3)c(F)c2)cc1. The van der Waals surface area contributed by atoms with Gasteiger partial charge in [-0.25, -0.2) is 22.0 Å². The van der Waals surface area contributed by atoms with Gasteiger partial charge in [0.1, 0.15) is 11.6 Å². The van der Waals surface area contributed by atoms with Gasteiger partial charge in [-0.2, -0.15) is 0 Å². The van der Waals surface area contributed by atoms with Gasteiger partial charge in [-0.05, 0) is 46.5 Å². The first-order valence-corrected chi connectivity index (χ1v) is 7.34. The van der Waals surface area contributed by atoms with Gasteiger partial charge in [-0.3, -0.25) is 0 Å². The van der Waals surface area contributed by atoms with E-state index in [1.54, 1.807) is 24.3 Å². The van der Waals surface area contributed by atoms with Crippen molar-refractivity contribution in [3.8, 4) is 22.3 Å². The lowest BCUT2D eigenvalue weighted by Crippen LogP contribution is -1.97. The summed E-state index contributed by atoms with van der Waals surface area (Å²) in [6, 6.07) is 9.98. The zero-order valence-corrected chi connectivity index (χ0v) is 12.8. The van der Waals surface area contributed by atoms with E-state index < -0.39 is 40.2 Å². The predicted octanol–water partition coefficient (Wildman–Crippen LogP) is 5.17. The maximum atomic E-state index is 14.4. The van der Waals surface area contributed by atoms with Gasteiger partial charge < -0.3 is 5.73 Å². The van der Waals surface area contributed by atoms with E-state index in [1.165, 1.54) is 0 Å². The fourth-order valence-electron chi connectivity index (χ4n) is 2.55. The molecule has 0 saturated carbocycles. The van der Waals surface area contributed by atoms with Crippen molar-refractivity contribution in [2.24, 2.45) is 5.73 Å². The molecule has 0 fully saturated rings. The third-order valence-electron chi connectivity index (χ3n) is 3.84. The topological polar surface area (TPSA) is 26.0 Å². The van der Waals surface area contributed by atoms with Crippen LogP contribution in [0.3, 0.4) is 0 Å². The lowest BCUT2D eigenvalue weighted by atomic mass is 9.98. The number of halogens is 5. The maximum absolute atomic E-state index is 14.4. The molecule has 25 heavy (non-hydrogen) atoms. The van der Waals surface area contributed by atoms with Crippen molar-refractivity contribution in [2.45, 2.75) is 6.54 Å². The monoisotopic (exact) mass is 349 g/mol. The van der Waals surface area contributed by atoms with Gasteiger partial charge in [0.15, 0.2) is 17.5 Å². The normalized spacial score (nSPS) is 11.0. The van der Waals surface area contributed by atoms with Crippen LogP contribution in [-0.2, 0) is 6.54 Å². The van der Waals surface area contributed by atoms with Gasteiger partial charge >= 0.3 is 0 Å². The lowest BCUT2D eigenvalue weighted by molar-refractivity contribution is 0.447. The number of benzene rings is 3. The van der Waals surface area contributed by atoms with E-state index in [-0.39, 0.29) is 5.56 Å². The Balaban J connectivity index is 2.09. The summed E-state index contributed by atoms with van der Waals surface area (Å²) in [7, 11) is 0. The lowest BCUT2D eigenvalue weighted by Gasteiger charge is -2.10. The number of hydrogen-bond donors (Lipinski definition) is 1. The Morgan fingerprint density at radius 2 is 1.08 bits per heavy atom. The van der Waals surface area contributed by atoms with Crippen molar-refractivity contribution in [1.82, 2.24) is 0 Å². The molecule has 3 aromatic rings. The Hall–Kier alpha value is -2.73. The van der Waals surface area contributed by atoms with Gasteiger partial charge in [-0.15, -0.1) is 0 Å². The number of rotatable bonds is 3. The Kier molecular flexibility index (Phi) is 4.55. The molecule has 6 heteroatoms. The molecule has 3 aromatic carbocycles. The number of nitrogens with two attached hydrogens (primary N) is 1. The second-order valence-electron chi connectivity index (χ2n) is 5.47. The minimum atomic E-state index is -1.69. The summed E-state index contributed by atoms with van der Waals surface area (Å²) in [5.41, 5.74) is 6.12. The summed E-state index contributed by atoms with van der Waals surface area (Å²) in [5.74, 6) is -6.75. The Morgan fingerprint density at radius 1 is 0.600 bits per heavy atom. The van der Waals surface area contributed by atoms with Gasteiger partial charge in [-0.1, -0.05) is 24.3 Å². The Morgan fingerprint density at radius 3 is 1.56 bits per heavy atom. The Bertz CT molecular complexity index is 889. The standard InChI is InChI=1S/C19H12F5N/c20-14-5-12(11-3-1-10(9-25)2-4-11)6-15(21)18(14)13-7-16(22)19(24)17(23)8-13/h1-8H,9,25H2. The van der Waals surface area contributed by atoms with Crippen LogP contribution in [0.5, 0.6) is 0 Å². The summed E-state index contributed by atoms with van der Waals surface area (Å²) in [4.78, 5) is 0. The molecule has 0 unspecified atom stereocenters. The average Bonchev–Trinajstić information content (AvgIpc) is 2.59. The second kappa shape index (κ2) is 6.64.